The summed E-state index contributed by atoms with van der Waals surface area (Å²) in [5.41, 5.74) is 1.97. The van der Waals surface area contributed by atoms with E-state index in [1.807, 2.05) is 6.92 Å². The van der Waals surface area contributed by atoms with E-state index >= 15 is 0 Å². The SMILES string of the molecule is Cc1cc(C)c(C(=O)P([O-])[O-])c(C)c1.[Li+].[Li+]. The summed E-state index contributed by atoms with van der Waals surface area (Å²) in [6.45, 7) is 5.39. The molecule has 0 spiro atoms. The molecule has 0 aliphatic carbocycles. The van der Waals surface area contributed by atoms with Crippen LogP contribution in [0, 0.1) is 20.8 Å². The number of rotatable bonds is 2. The summed E-state index contributed by atoms with van der Waals surface area (Å²) in [7, 11) is -3.02. The van der Waals surface area contributed by atoms with E-state index in [1.165, 1.54) is 0 Å². The van der Waals surface area contributed by atoms with Crippen molar-refractivity contribution in [1.82, 2.24) is 0 Å². The maximum Gasteiger partial charge on any atom is 1.00 e. The molecule has 0 bridgehead atoms. The van der Waals surface area contributed by atoms with Crippen LogP contribution >= 0.6 is 8.38 Å². The fourth-order valence-electron chi connectivity index (χ4n) is 1.61. The number of hydrogen-bond donors (Lipinski definition) is 0. The molecule has 0 saturated heterocycles. The Morgan fingerprint density at radius 2 is 1.44 bits per heavy atom. The average molecular weight is 224 g/mol. The fourth-order valence-corrected chi connectivity index (χ4v) is 2.14. The molecule has 0 atom stereocenters. The van der Waals surface area contributed by atoms with Gasteiger partial charge in [-0.2, -0.15) is 0 Å². The summed E-state index contributed by atoms with van der Waals surface area (Å²) in [5, 5.41) is 0. The molecule has 0 fully saturated rings. The van der Waals surface area contributed by atoms with E-state index in [1.54, 1.807) is 26.0 Å². The standard InChI is InChI=1S/C10H11O3P.2Li/c1-6-4-7(2)9(8(3)5-6)10(11)14(12)13;;/h4-5H,1-3H3;;/q-2;2*+1. The van der Waals surface area contributed by atoms with Crippen molar-refractivity contribution in [2.75, 3.05) is 0 Å². The van der Waals surface area contributed by atoms with Crippen LogP contribution in [0.5, 0.6) is 0 Å². The molecular weight excluding hydrogens is 213 g/mol. The van der Waals surface area contributed by atoms with Crippen molar-refractivity contribution in [3.8, 4) is 0 Å². The molecule has 6 heteroatoms. The van der Waals surface area contributed by atoms with Gasteiger partial charge in [-0.15, -0.1) is 0 Å². The van der Waals surface area contributed by atoms with Gasteiger partial charge in [-0.3, -0.25) is 4.79 Å². The maximum absolute atomic E-state index is 11.3. The Labute approximate surface area is 121 Å². The van der Waals surface area contributed by atoms with E-state index in [-0.39, 0.29) is 37.7 Å². The van der Waals surface area contributed by atoms with Crippen LogP contribution in [0.3, 0.4) is 0 Å². The third-order valence-corrected chi connectivity index (χ3v) is 2.61. The van der Waals surface area contributed by atoms with Crippen LogP contribution in [-0.4, -0.2) is 5.52 Å². The van der Waals surface area contributed by atoms with Gasteiger partial charge in [0.25, 0.3) is 0 Å². The fraction of sp³-hybridized carbons (Fsp3) is 0.300. The van der Waals surface area contributed by atoms with E-state index in [0.717, 1.165) is 5.56 Å². The van der Waals surface area contributed by atoms with Crippen molar-refractivity contribution < 1.29 is 52.3 Å². The van der Waals surface area contributed by atoms with Gasteiger partial charge in [0.2, 0.25) is 0 Å². The first-order chi connectivity index (χ1) is 6.43. The molecule has 0 N–H and O–H groups in total. The smallest absolute Gasteiger partial charge is 0.836 e. The third kappa shape index (κ3) is 4.36. The van der Waals surface area contributed by atoms with E-state index in [2.05, 4.69) is 0 Å². The van der Waals surface area contributed by atoms with Gasteiger partial charge in [-0.1, -0.05) is 17.7 Å². The molecule has 0 unspecified atom stereocenters. The van der Waals surface area contributed by atoms with E-state index in [9.17, 15) is 14.6 Å². The van der Waals surface area contributed by atoms with Crippen LogP contribution in [0.2, 0.25) is 0 Å². The van der Waals surface area contributed by atoms with Crippen LogP contribution in [0.15, 0.2) is 12.1 Å². The largest absolute Gasteiger partial charge is 1.00 e. The second kappa shape index (κ2) is 7.70. The molecule has 0 amide bonds. The Bertz CT molecular complexity index is 357. The van der Waals surface area contributed by atoms with E-state index in [0.29, 0.717) is 16.7 Å². The van der Waals surface area contributed by atoms with Crippen LogP contribution < -0.4 is 47.5 Å². The number of carbonyl (C=O) groups is 1. The van der Waals surface area contributed by atoms with Gasteiger partial charge in [0.15, 0.2) is 5.52 Å². The zero-order chi connectivity index (χ0) is 10.9. The first-order valence-corrected chi connectivity index (χ1v) is 5.38. The number of carbonyl (C=O) groups excluding carboxylic acids is 1. The quantitative estimate of drug-likeness (QED) is 0.372. The van der Waals surface area contributed by atoms with E-state index in [4.69, 9.17) is 0 Å². The molecule has 0 saturated carbocycles. The summed E-state index contributed by atoms with van der Waals surface area (Å²) < 4.78 is 0. The van der Waals surface area contributed by atoms with Crippen LogP contribution in [0.25, 0.3) is 0 Å². The van der Waals surface area contributed by atoms with Crippen molar-refractivity contribution in [1.29, 1.82) is 0 Å². The van der Waals surface area contributed by atoms with Crippen molar-refractivity contribution in [2.45, 2.75) is 20.8 Å². The second-order valence-corrected chi connectivity index (χ2v) is 4.26. The van der Waals surface area contributed by atoms with Crippen molar-refractivity contribution >= 4 is 13.9 Å². The van der Waals surface area contributed by atoms with Crippen LogP contribution in [0.4, 0.5) is 0 Å². The second-order valence-electron chi connectivity index (χ2n) is 3.34. The summed E-state index contributed by atoms with van der Waals surface area (Å²) in [6.07, 6.45) is 0. The average Bonchev–Trinajstić information content (AvgIpc) is 2.01. The van der Waals surface area contributed by atoms with Gasteiger partial charge in [0.05, 0.1) is 0 Å². The number of hydrogen-bond acceptors (Lipinski definition) is 3. The number of aryl methyl sites for hydroxylation is 3. The summed E-state index contributed by atoms with van der Waals surface area (Å²) in [4.78, 5) is 32.5. The molecule has 3 nitrogen and oxygen atoms in total. The summed E-state index contributed by atoms with van der Waals surface area (Å²) in [5.74, 6) is 0. The third-order valence-electron chi connectivity index (χ3n) is 2.06. The predicted molar refractivity (Wildman–Crippen MR) is 51.9 cm³/mol. The molecule has 0 aliphatic rings. The predicted octanol–water partition coefficient (Wildman–Crippen LogP) is -5.21. The molecular formula is C10H11Li2O3P. The molecule has 0 aromatic heterocycles. The van der Waals surface area contributed by atoms with Crippen LogP contribution in [0.1, 0.15) is 27.0 Å². The van der Waals surface area contributed by atoms with Gasteiger partial charge in [0.1, 0.15) is 0 Å². The van der Waals surface area contributed by atoms with Gasteiger partial charge in [-0.05, 0) is 31.9 Å². The first kappa shape index (κ1) is 18.8. The summed E-state index contributed by atoms with van der Waals surface area (Å²) >= 11 is 0. The van der Waals surface area contributed by atoms with Gasteiger partial charge < -0.3 is 9.79 Å². The molecule has 1 rings (SSSR count). The first-order valence-electron chi connectivity index (χ1n) is 4.20. The molecule has 1 aromatic carbocycles. The zero-order valence-electron chi connectivity index (χ0n) is 10.3. The monoisotopic (exact) mass is 224 g/mol. The zero-order valence-corrected chi connectivity index (χ0v) is 11.2. The minimum Gasteiger partial charge on any atom is -0.836 e. The molecule has 0 radical (unpaired) electrons. The topological polar surface area (TPSA) is 63.2 Å². The number of benzene rings is 1. The van der Waals surface area contributed by atoms with Gasteiger partial charge in [0, 0.05) is 5.56 Å². The molecule has 0 aliphatic heterocycles. The molecule has 1 aromatic rings. The molecule has 0 heterocycles. The Morgan fingerprint density at radius 1 is 1.06 bits per heavy atom. The van der Waals surface area contributed by atoms with Crippen molar-refractivity contribution in [3.05, 3.63) is 34.4 Å². The molecule has 76 valence electrons. The Kier molecular flexibility index (Phi) is 9.04. The van der Waals surface area contributed by atoms with Crippen molar-refractivity contribution in [3.63, 3.8) is 0 Å². The summed E-state index contributed by atoms with van der Waals surface area (Å²) in [6, 6.07) is 3.61. The normalized spacial score (nSPS) is 9.38. The van der Waals surface area contributed by atoms with Gasteiger partial charge in [-0.25, -0.2) is 8.38 Å². The van der Waals surface area contributed by atoms with E-state index < -0.39 is 13.9 Å². The van der Waals surface area contributed by atoms with Gasteiger partial charge >= 0.3 is 37.7 Å². The maximum atomic E-state index is 11.3. The molecule has 16 heavy (non-hydrogen) atoms. The Balaban J connectivity index is 0. The minimum absolute atomic E-state index is 0. The Morgan fingerprint density at radius 3 is 1.75 bits per heavy atom. The van der Waals surface area contributed by atoms with Crippen LogP contribution in [-0.2, 0) is 0 Å². The van der Waals surface area contributed by atoms with Crippen molar-refractivity contribution in [2.24, 2.45) is 0 Å². The minimum atomic E-state index is -3.02. The Hall–Kier alpha value is 0.435.